The minimum absolute atomic E-state index is 0.457. The molecular formula is C110H130N3+3. The number of aryl methyl sites for hydroxylation is 6. The molecule has 0 unspecified atom stereocenters. The first-order valence-electron chi connectivity index (χ1n) is 46.7. The fraction of sp³-hybridized carbons (Fsp3) is 0.427. The summed E-state index contributed by atoms with van der Waals surface area (Å²) in [7, 11) is 6.25. The second-order valence-corrected chi connectivity index (χ2v) is 36.5. The van der Waals surface area contributed by atoms with Crippen LogP contribution < -0.4 is 13.7 Å². The van der Waals surface area contributed by atoms with Crippen LogP contribution in [-0.2, 0) is 21.1 Å². The van der Waals surface area contributed by atoms with Crippen LogP contribution in [0.5, 0.6) is 0 Å². The Hall–Kier alpha value is -8.79. The number of fused-ring (bicyclic) bond motifs is 3. The molecule has 0 amide bonds. The predicted octanol–water partition coefficient (Wildman–Crippen LogP) is 29.6. The molecule has 0 radical (unpaired) electrons. The summed E-state index contributed by atoms with van der Waals surface area (Å²) in [5, 5.41) is 7.21. The maximum atomic E-state index is 9.43. The summed E-state index contributed by atoms with van der Waals surface area (Å²) in [6, 6.07) is 72.7. The Bertz CT molecular complexity index is 5720. The zero-order valence-corrected chi connectivity index (χ0v) is 70.5. The third-order valence-electron chi connectivity index (χ3n) is 28.5. The minimum Gasteiger partial charge on any atom is -0.201 e. The molecular weight excluding hydrogens is 1360 g/mol. The molecule has 0 aliphatic heterocycles. The van der Waals surface area contributed by atoms with Gasteiger partial charge in [0.05, 0.1) is 0 Å². The topological polar surface area (TPSA) is 11.6 Å². The average molecular weight is 1500 g/mol. The van der Waals surface area contributed by atoms with Crippen LogP contribution >= 0.6 is 0 Å². The van der Waals surface area contributed by atoms with Crippen molar-refractivity contribution in [2.24, 2.45) is 43.8 Å². The van der Waals surface area contributed by atoms with Gasteiger partial charge < -0.3 is 0 Å². The van der Waals surface area contributed by atoms with Crippen molar-refractivity contribution in [1.82, 2.24) is 0 Å². The molecule has 0 bridgehead atoms. The fourth-order valence-electron chi connectivity index (χ4n) is 21.5. The third kappa shape index (κ3) is 16.9. The Morgan fingerprint density at radius 3 is 0.894 bits per heavy atom. The summed E-state index contributed by atoms with van der Waals surface area (Å²) in [5.74, 6) is -1.81. The van der Waals surface area contributed by atoms with E-state index in [1.54, 1.807) is 0 Å². The van der Waals surface area contributed by atoms with Crippen LogP contribution in [0.2, 0.25) is 0 Å². The summed E-state index contributed by atoms with van der Waals surface area (Å²) in [6.45, 7) is 18.3. The van der Waals surface area contributed by atoms with E-state index in [2.05, 4.69) is 274 Å². The average Bonchev–Trinajstić information content (AvgIpc) is 1.34. The monoisotopic (exact) mass is 1500 g/mol. The predicted molar refractivity (Wildman–Crippen MR) is 480 cm³/mol. The first-order valence-corrected chi connectivity index (χ1v) is 43.7. The van der Waals surface area contributed by atoms with Gasteiger partial charge in [-0.1, -0.05) is 245 Å². The normalized spacial score (nSPS) is 21.8. The largest absolute Gasteiger partial charge is 0.213 e. The lowest BCUT2D eigenvalue weighted by atomic mass is 9.62. The van der Waals surface area contributed by atoms with Gasteiger partial charge in [0.15, 0.2) is 18.6 Å². The summed E-state index contributed by atoms with van der Waals surface area (Å²) >= 11 is 0. The Kier molecular flexibility index (Phi) is 21.3. The first-order chi connectivity index (χ1) is 56.8. The van der Waals surface area contributed by atoms with Gasteiger partial charge in [0, 0.05) is 59.8 Å². The molecule has 2 spiro atoms. The molecule has 6 aliphatic rings. The summed E-state index contributed by atoms with van der Waals surface area (Å²) in [4.78, 5) is 0. The number of benzene rings is 9. The Labute approximate surface area is 688 Å². The molecule has 3 heteroatoms. The quantitative estimate of drug-likeness (QED) is 0.102. The zero-order valence-electron chi connectivity index (χ0n) is 76.5. The van der Waals surface area contributed by atoms with Gasteiger partial charge in [0.25, 0.3) is 0 Å². The summed E-state index contributed by atoms with van der Waals surface area (Å²) in [5.41, 5.74) is 25.3. The van der Waals surface area contributed by atoms with E-state index in [9.17, 15) is 4.11 Å². The number of pyridine rings is 3. The van der Waals surface area contributed by atoms with Crippen LogP contribution in [-0.4, -0.2) is 0 Å². The second kappa shape index (κ2) is 34.0. The van der Waals surface area contributed by atoms with Gasteiger partial charge in [-0.3, -0.25) is 0 Å². The van der Waals surface area contributed by atoms with Gasteiger partial charge >= 0.3 is 0 Å². The second-order valence-electron chi connectivity index (χ2n) is 36.5. The van der Waals surface area contributed by atoms with Crippen LogP contribution in [0.25, 0.3) is 99.5 Å². The Balaban J connectivity index is 0.000000133. The Morgan fingerprint density at radius 2 is 0.575 bits per heavy atom. The smallest absolute Gasteiger partial charge is 0.201 e. The van der Waals surface area contributed by atoms with Gasteiger partial charge in [-0.05, 0) is 317 Å². The van der Waals surface area contributed by atoms with E-state index in [0.29, 0.717) is 10.8 Å². The van der Waals surface area contributed by atoms with Gasteiger partial charge in [-0.25, -0.2) is 13.7 Å². The molecule has 3 aromatic heterocycles. The molecule has 3 heterocycles. The Morgan fingerprint density at radius 1 is 0.292 bits per heavy atom. The molecule has 9 aromatic carbocycles. The lowest BCUT2D eigenvalue weighted by Gasteiger charge is -2.43. The molecule has 12 aromatic rings. The molecule has 0 atom stereocenters. The number of nitrogens with zero attached hydrogens (tertiary/aromatic N) is 3. The van der Waals surface area contributed by atoms with Gasteiger partial charge in [-0.15, -0.1) is 0 Å². The van der Waals surface area contributed by atoms with Crippen molar-refractivity contribution in [2.75, 3.05) is 0 Å². The van der Waals surface area contributed by atoms with Crippen molar-refractivity contribution in [3.05, 3.63) is 269 Å². The number of hydrogen-bond acceptors (Lipinski definition) is 0. The van der Waals surface area contributed by atoms with Gasteiger partial charge in [0.2, 0.25) is 17.1 Å². The van der Waals surface area contributed by atoms with E-state index >= 15 is 0 Å². The molecule has 0 saturated heterocycles. The lowest BCUT2D eigenvalue weighted by Crippen LogP contribution is -2.32. The molecule has 3 nitrogen and oxygen atoms in total. The zero-order chi connectivity index (χ0) is 83.6. The maximum absolute atomic E-state index is 9.43. The third-order valence-corrected chi connectivity index (χ3v) is 28.5. The summed E-state index contributed by atoms with van der Waals surface area (Å²) < 4.78 is 61.5. The number of rotatable bonds is 13. The van der Waals surface area contributed by atoms with E-state index in [0.717, 1.165) is 118 Å². The van der Waals surface area contributed by atoms with E-state index in [4.69, 9.17) is 4.11 Å². The fourth-order valence-corrected chi connectivity index (χ4v) is 21.5. The van der Waals surface area contributed by atoms with Crippen molar-refractivity contribution in [3.63, 3.8) is 0 Å². The van der Waals surface area contributed by atoms with Crippen molar-refractivity contribution in [3.8, 4) is 67.2 Å². The van der Waals surface area contributed by atoms with E-state index in [1.807, 2.05) is 41.5 Å². The number of hydrogen-bond donors (Lipinski definition) is 0. The van der Waals surface area contributed by atoms with Crippen molar-refractivity contribution < 1.29 is 21.9 Å². The maximum Gasteiger partial charge on any atom is 0.213 e. The van der Waals surface area contributed by atoms with E-state index in [-0.39, 0.29) is 0 Å². The van der Waals surface area contributed by atoms with Crippen LogP contribution in [0.15, 0.2) is 219 Å². The lowest BCUT2D eigenvalue weighted by molar-refractivity contribution is -0.660. The highest BCUT2D eigenvalue weighted by Gasteiger charge is 2.39. The molecule has 18 rings (SSSR count). The van der Waals surface area contributed by atoms with E-state index in [1.165, 1.54) is 204 Å². The van der Waals surface area contributed by atoms with Crippen molar-refractivity contribution in [1.29, 1.82) is 0 Å². The standard InChI is InChI=1S/2C37H44N.C36H42N/c1-26(2)35-25-38(4)36(33-11-7-6-10-27(33)3)24-34(35)32-15-14-30-22-29(12-13-31(30)23-32)28-16-20-37(21-17-28)18-8-5-9-19-37;1-25(2)36-24-38(4)37(34-12-8-5-9-26(34)3)23-35(36)33-20-19-31-21-30(17-18-32(31)22-33)29-15-13-28(14-16-29)27-10-6-7-11-27;1-25(2)34-24-37(4)35(32-10-6-5-9-26(32)3)23-33(34)31-14-13-29-21-28(11-12-30(29)22-31)27-15-19-36(20-16-27)17-7-8-18-36/h6-7,10-15,22-26,28H,5,8-9,16-21H2,1-4H3;5,8-9,12,17-25,27-29H,6-7,10-11,13-16H2,1-4H3;5-6,9-14,21-25,27H,7-8,15-20H2,1-4H3/q3*+1/i26D,28D;25D,29D;25D,27D. The van der Waals surface area contributed by atoms with Crippen LogP contribution in [0.3, 0.4) is 0 Å². The van der Waals surface area contributed by atoms with Crippen LogP contribution in [0.1, 0.15) is 296 Å². The highest BCUT2D eigenvalue weighted by Crippen LogP contribution is 2.54. The van der Waals surface area contributed by atoms with Crippen molar-refractivity contribution in [2.45, 2.75) is 258 Å². The molecule has 6 aliphatic carbocycles. The molecule has 113 heavy (non-hydrogen) atoms. The van der Waals surface area contributed by atoms with Crippen LogP contribution in [0.4, 0.5) is 0 Å². The van der Waals surface area contributed by atoms with Gasteiger partial charge in [-0.2, -0.15) is 0 Å². The van der Waals surface area contributed by atoms with Gasteiger partial charge in [0.1, 0.15) is 21.1 Å². The minimum atomic E-state index is -0.732. The van der Waals surface area contributed by atoms with E-state index < -0.39 is 35.4 Å². The highest BCUT2D eigenvalue weighted by atomic mass is 14.9. The first kappa shape index (κ1) is 70.8. The molecule has 582 valence electrons. The highest BCUT2D eigenvalue weighted by molar-refractivity contribution is 5.92. The number of aromatic nitrogens is 3. The SMILES string of the molecule is [2H]C(C)(C)c1c[n+](C)c(-c2ccccc2C)cc1-c1ccc2cc(C3([2H])CCC(C4CCCC4)CC3)ccc2c1.[2H]C(C)(C)c1c[n+](C)c(-c2ccccc2C)cc1-c1ccc2cc(C3([2H])CCC4(CCCC4)CC3)ccc2c1.[2H]C(C)(C)c1c[n+](C)c(-c2ccccc2C)cc1-c1ccc2cc(C3([2H])CCC4(CCCCC4)CC3)ccc2c1. The molecule has 0 N–H and O–H groups in total. The molecule has 6 saturated carbocycles. The summed E-state index contributed by atoms with van der Waals surface area (Å²) in [6.07, 6.45) is 37.7. The van der Waals surface area contributed by atoms with Crippen molar-refractivity contribution >= 4 is 32.3 Å². The van der Waals surface area contributed by atoms with Crippen LogP contribution in [0, 0.1) is 43.4 Å². The molecule has 6 fully saturated rings.